The van der Waals surface area contributed by atoms with Crippen LogP contribution in [-0.4, -0.2) is 28.6 Å². The molecule has 0 aromatic rings. The summed E-state index contributed by atoms with van der Waals surface area (Å²) in [4.78, 5) is 0. The normalized spacial score (nSPS) is 13.3. The summed E-state index contributed by atoms with van der Waals surface area (Å²) in [5.74, 6) is 0. The maximum atomic E-state index is 9.92. The van der Waals surface area contributed by atoms with Gasteiger partial charge in [-0.15, -0.1) is 0 Å². The van der Waals surface area contributed by atoms with E-state index in [1.54, 1.807) is 0 Å². The molecular weight excluding hydrogens is 168 g/mol. The molecule has 1 unspecified atom stereocenters. The summed E-state index contributed by atoms with van der Waals surface area (Å²) in [5, 5.41) is 0. The lowest BCUT2D eigenvalue weighted by molar-refractivity contribution is 0.0992. The molecule has 11 heavy (non-hydrogen) atoms. The average molecular weight is 182 g/mol. The van der Waals surface area contributed by atoms with Gasteiger partial charge in [0.25, 0.3) is 0 Å². The molecule has 68 valence electrons. The Hall–Kier alpha value is 0.0300. The zero-order valence-corrected chi connectivity index (χ0v) is 7.43. The Morgan fingerprint density at radius 2 is 2.09 bits per heavy atom. The highest BCUT2D eigenvalue weighted by Gasteiger charge is 1.92. The van der Waals surface area contributed by atoms with Gasteiger partial charge in [0, 0.05) is 6.61 Å². The molecule has 0 radical (unpaired) electrons. The van der Waals surface area contributed by atoms with Crippen molar-refractivity contribution in [3.05, 3.63) is 0 Å². The topological polar surface area (TPSA) is 55.8 Å². The van der Waals surface area contributed by atoms with E-state index in [1.807, 2.05) is 0 Å². The molecular formula is C6H14O4S. The summed E-state index contributed by atoms with van der Waals surface area (Å²) in [6, 6.07) is 0. The third-order valence-electron chi connectivity index (χ3n) is 1.05. The van der Waals surface area contributed by atoms with Crippen LogP contribution >= 0.6 is 0 Å². The van der Waals surface area contributed by atoms with E-state index in [0.717, 1.165) is 12.8 Å². The van der Waals surface area contributed by atoms with Crippen molar-refractivity contribution in [3.63, 3.8) is 0 Å². The summed E-state index contributed by atoms with van der Waals surface area (Å²) >= 11 is -2.15. The number of rotatable bonds is 7. The third-order valence-corrected chi connectivity index (χ3v) is 1.42. The van der Waals surface area contributed by atoms with E-state index in [1.165, 1.54) is 0 Å². The summed E-state index contributed by atoms with van der Waals surface area (Å²) in [7, 11) is 0. The van der Waals surface area contributed by atoms with Crippen LogP contribution in [-0.2, 0) is 20.3 Å². The van der Waals surface area contributed by atoms with Crippen LogP contribution in [0, 0.1) is 0 Å². The fourth-order valence-electron chi connectivity index (χ4n) is 0.513. The molecule has 0 fully saturated rings. The first-order valence-electron chi connectivity index (χ1n) is 3.59. The fourth-order valence-corrected chi connectivity index (χ4v) is 0.723. The number of hydrogen-bond donors (Lipinski definition) is 1. The van der Waals surface area contributed by atoms with Gasteiger partial charge in [-0.1, -0.05) is 13.3 Å². The molecule has 0 aromatic heterocycles. The maximum absolute atomic E-state index is 9.92. The summed E-state index contributed by atoms with van der Waals surface area (Å²) in [5.41, 5.74) is 0. The lowest BCUT2D eigenvalue weighted by atomic mass is 10.4. The van der Waals surface area contributed by atoms with Gasteiger partial charge in [0.2, 0.25) is 0 Å². The minimum absolute atomic E-state index is 0.173. The van der Waals surface area contributed by atoms with E-state index in [-0.39, 0.29) is 6.61 Å². The molecule has 0 spiro atoms. The SMILES string of the molecule is CCCCOCCOS(=O)O. The van der Waals surface area contributed by atoms with Gasteiger partial charge in [0.05, 0.1) is 13.2 Å². The first kappa shape index (κ1) is 11.0. The van der Waals surface area contributed by atoms with Gasteiger partial charge in [0.15, 0.2) is 0 Å². The molecule has 0 aliphatic rings. The van der Waals surface area contributed by atoms with Crippen molar-refractivity contribution in [2.24, 2.45) is 0 Å². The van der Waals surface area contributed by atoms with Crippen molar-refractivity contribution < 1.29 is 17.7 Å². The Balaban J connectivity index is 2.85. The first-order valence-corrected chi connectivity index (χ1v) is 4.62. The van der Waals surface area contributed by atoms with Crippen LogP contribution < -0.4 is 0 Å². The monoisotopic (exact) mass is 182 g/mol. The highest BCUT2D eigenvalue weighted by molar-refractivity contribution is 7.74. The molecule has 0 heterocycles. The van der Waals surface area contributed by atoms with Crippen molar-refractivity contribution in [2.45, 2.75) is 19.8 Å². The molecule has 0 aliphatic heterocycles. The van der Waals surface area contributed by atoms with Gasteiger partial charge in [-0.2, -0.15) is 4.21 Å². The van der Waals surface area contributed by atoms with Crippen LogP contribution in [0.15, 0.2) is 0 Å². The Morgan fingerprint density at radius 1 is 1.36 bits per heavy atom. The molecule has 0 aromatic carbocycles. The van der Waals surface area contributed by atoms with Gasteiger partial charge in [-0.05, 0) is 6.42 Å². The molecule has 0 amide bonds. The second-order valence-corrected chi connectivity index (χ2v) is 2.67. The molecule has 4 nitrogen and oxygen atoms in total. The smallest absolute Gasteiger partial charge is 0.301 e. The minimum atomic E-state index is -2.15. The van der Waals surface area contributed by atoms with Crippen LogP contribution in [0.3, 0.4) is 0 Å². The van der Waals surface area contributed by atoms with E-state index >= 15 is 0 Å². The first-order chi connectivity index (χ1) is 5.27. The van der Waals surface area contributed by atoms with Gasteiger partial charge >= 0.3 is 11.4 Å². The van der Waals surface area contributed by atoms with Gasteiger partial charge in [-0.25, -0.2) is 0 Å². The zero-order chi connectivity index (χ0) is 8.53. The highest BCUT2D eigenvalue weighted by atomic mass is 32.2. The Bertz CT molecular complexity index is 107. The lowest BCUT2D eigenvalue weighted by Gasteiger charge is -2.00. The summed E-state index contributed by atoms with van der Waals surface area (Å²) in [6.45, 7) is 3.32. The van der Waals surface area contributed by atoms with Crippen LogP contribution in [0.1, 0.15) is 19.8 Å². The van der Waals surface area contributed by atoms with E-state index < -0.39 is 11.4 Å². The predicted octanol–water partition coefficient (Wildman–Crippen LogP) is 0.956. The highest BCUT2D eigenvalue weighted by Crippen LogP contribution is 1.88. The van der Waals surface area contributed by atoms with Crippen LogP contribution in [0.25, 0.3) is 0 Å². The lowest BCUT2D eigenvalue weighted by Crippen LogP contribution is -2.06. The van der Waals surface area contributed by atoms with Crippen LogP contribution in [0.5, 0.6) is 0 Å². The van der Waals surface area contributed by atoms with Crippen LogP contribution in [0.2, 0.25) is 0 Å². The maximum Gasteiger partial charge on any atom is 0.301 e. The van der Waals surface area contributed by atoms with Gasteiger partial charge in [-0.3, -0.25) is 8.74 Å². The summed E-state index contributed by atoms with van der Waals surface area (Å²) in [6.07, 6.45) is 2.11. The molecule has 0 rings (SSSR count). The molecule has 0 aliphatic carbocycles. The van der Waals surface area contributed by atoms with Crippen molar-refractivity contribution >= 4 is 11.4 Å². The quantitative estimate of drug-likeness (QED) is 0.470. The van der Waals surface area contributed by atoms with E-state index in [0.29, 0.717) is 13.2 Å². The molecule has 0 bridgehead atoms. The Kier molecular flexibility index (Phi) is 8.15. The largest absolute Gasteiger partial charge is 0.379 e. The zero-order valence-electron chi connectivity index (χ0n) is 6.62. The molecule has 0 saturated heterocycles. The van der Waals surface area contributed by atoms with Crippen LogP contribution in [0.4, 0.5) is 0 Å². The minimum Gasteiger partial charge on any atom is -0.379 e. The van der Waals surface area contributed by atoms with Gasteiger partial charge < -0.3 is 4.74 Å². The Labute approximate surface area is 69.4 Å². The number of ether oxygens (including phenoxy) is 1. The molecule has 0 saturated carbocycles. The van der Waals surface area contributed by atoms with Crippen molar-refractivity contribution in [1.82, 2.24) is 0 Å². The van der Waals surface area contributed by atoms with Crippen molar-refractivity contribution in [1.29, 1.82) is 0 Å². The van der Waals surface area contributed by atoms with E-state index in [4.69, 9.17) is 9.29 Å². The summed E-state index contributed by atoms with van der Waals surface area (Å²) < 4.78 is 27.4. The molecule has 1 atom stereocenters. The second-order valence-electron chi connectivity index (χ2n) is 2.01. The van der Waals surface area contributed by atoms with Crippen molar-refractivity contribution in [2.75, 3.05) is 19.8 Å². The van der Waals surface area contributed by atoms with E-state index in [9.17, 15) is 4.21 Å². The third kappa shape index (κ3) is 10.0. The van der Waals surface area contributed by atoms with Gasteiger partial charge in [0.1, 0.15) is 0 Å². The standard InChI is InChI=1S/C6H14O4S/c1-2-3-4-9-5-6-10-11(7)8/h2-6H2,1H3,(H,7,8). The fraction of sp³-hybridized carbons (Fsp3) is 1.00. The van der Waals surface area contributed by atoms with E-state index in [2.05, 4.69) is 11.1 Å². The molecule has 5 heteroatoms. The Morgan fingerprint density at radius 3 is 2.64 bits per heavy atom. The van der Waals surface area contributed by atoms with Crippen molar-refractivity contribution in [3.8, 4) is 0 Å². The predicted molar refractivity (Wildman–Crippen MR) is 42.5 cm³/mol. The average Bonchev–Trinajstić information content (AvgIpc) is 1.96. The number of unbranched alkanes of at least 4 members (excludes halogenated alkanes) is 1. The second kappa shape index (κ2) is 8.13. The molecule has 1 N–H and O–H groups in total. The number of hydrogen-bond acceptors (Lipinski definition) is 3.